The Kier molecular flexibility index (Phi) is 2.66. The first-order chi connectivity index (χ1) is 10.7. The predicted octanol–water partition coefficient (Wildman–Crippen LogP) is -0.0113. The molecule has 112 valence electrons. The fourth-order valence-corrected chi connectivity index (χ4v) is 2.56. The van der Waals surface area contributed by atoms with Crippen LogP contribution in [-0.2, 0) is 0 Å². The quantitative estimate of drug-likeness (QED) is 0.530. The van der Waals surface area contributed by atoms with Crippen molar-refractivity contribution in [1.29, 1.82) is 0 Å². The van der Waals surface area contributed by atoms with E-state index in [1.165, 1.54) is 18.6 Å². The highest BCUT2D eigenvalue weighted by Gasteiger charge is 2.29. The van der Waals surface area contributed by atoms with Crippen LogP contribution in [0.15, 0.2) is 18.6 Å². The van der Waals surface area contributed by atoms with Gasteiger partial charge in [-0.3, -0.25) is 14.5 Å². The van der Waals surface area contributed by atoms with Gasteiger partial charge in [0.2, 0.25) is 5.65 Å². The van der Waals surface area contributed by atoms with E-state index in [-0.39, 0.29) is 5.69 Å². The summed E-state index contributed by atoms with van der Waals surface area (Å²) in [5.74, 6) is 0.692. The number of anilines is 1. The third-order valence-corrected chi connectivity index (χ3v) is 3.85. The summed E-state index contributed by atoms with van der Waals surface area (Å²) in [6.07, 6.45) is 2.73. The van der Waals surface area contributed by atoms with E-state index in [0.717, 1.165) is 13.1 Å². The van der Waals surface area contributed by atoms with E-state index in [1.807, 2.05) is 7.05 Å². The van der Waals surface area contributed by atoms with Gasteiger partial charge in [-0.2, -0.15) is 0 Å². The van der Waals surface area contributed by atoms with E-state index < -0.39 is 4.92 Å². The lowest BCUT2D eigenvalue weighted by Crippen LogP contribution is -2.57. The van der Waals surface area contributed by atoms with E-state index in [9.17, 15) is 10.1 Å². The molecule has 0 spiro atoms. The minimum atomic E-state index is -0.483. The Balaban J connectivity index is 1.90. The van der Waals surface area contributed by atoms with Gasteiger partial charge in [0.1, 0.15) is 18.0 Å². The number of likely N-dealkylation sites (N-methyl/N-ethyl adjacent to an activating group) is 1. The Hall–Kier alpha value is -2.88. The molecule has 0 aromatic carbocycles. The molecule has 1 aliphatic rings. The molecule has 3 aromatic rings. The van der Waals surface area contributed by atoms with Crippen molar-refractivity contribution >= 4 is 28.3 Å². The number of hydrogen-bond acceptors (Lipinski definition) is 8. The lowest BCUT2D eigenvalue weighted by atomic mass is 10.1. The normalized spacial score (nSPS) is 15.4. The maximum Gasteiger partial charge on any atom is 0.289 e. The van der Waals surface area contributed by atoms with Crippen molar-refractivity contribution in [1.82, 2.24) is 29.9 Å². The maximum absolute atomic E-state index is 10.9. The SMILES string of the molecule is CNC1CN(c2nc3ncc([N+](=O)[O-])cc3n3cnnc23)C1. The lowest BCUT2D eigenvalue weighted by molar-refractivity contribution is -0.385. The Bertz CT molecular complexity index is 885. The molecule has 3 aromatic heterocycles. The highest BCUT2D eigenvalue weighted by Crippen LogP contribution is 2.27. The number of aromatic nitrogens is 5. The van der Waals surface area contributed by atoms with Gasteiger partial charge in [-0.1, -0.05) is 0 Å². The maximum atomic E-state index is 10.9. The minimum absolute atomic E-state index is 0.0868. The van der Waals surface area contributed by atoms with Gasteiger partial charge in [0.05, 0.1) is 4.92 Å². The molecule has 22 heavy (non-hydrogen) atoms. The zero-order chi connectivity index (χ0) is 15.3. The number of fused-ring (bicyclic) bond motifs is 3. The van der Waals surface area contributed by atoms with E-state index >= 15 is 0 Å². The second-order valence-corrected chi connectivity index (χ2v) is 5.14. The first kappa shape index (κ1) is 12.8. The number of nitro groups is 1. The molecule has 1 N–H and O–H groups in total. The summed E-state index contributed by atoms with van der Waals surface area (Å²) in [6.45, 7) is 1.65. The van der Waals surface area contributed by atoms with Crippen LogP contribution >= 0.6 is 0 Å². The summed E-state index contributed by atoms with van der Waals surface area (Å²) >= 11 is 0. The minimum Gasteiger partial charge on any atom is -0.350 e. The molecular formula is C12H12N8O2. The molecule has 0 bridgehead atoms. The van der Waals surface area contributed by atoms with Gasteiger partial charge in [0.25, 0.3) is 5.69 Å². The summed E-state index contributed by atoms with van der Waals surface area (Å²) in [5, 5.41) is 22.1. The number of pyridine rings is 1. The molecule has 1 aliphatic heterocycles. The van der Waals surface area contributed by atoms with Crippen LogP contribution in [0.3, 0.4) is 0 Å². The Morgan fingerprint density at radius 3 is 3.00 bits per heavy atom. The van der Waals surface area contributed by atoms with E-state index in [2.05, 4.69) is 30.4 Å². The van der Waals surface area contributed by atoms with E-state index in [1.54, 1.807) is 4.40 Å². The van der Waals surface area contributed by atoms with Gasteiger partial charge in [0.15, 0.2) is 11.5 Å². The Morgan fingerprint density at radius 1 is 1.45 bits per heavy atom. The van der Waals surface area contributed by atoms with Crippen molar-refractivity contribution in [3.05, 3.63) is 28.7 Å². The molecule has 0 atom stereocenters. The van der Waals surface area contributed by atoms with E-state index in [0.29, 0.717) is 28.7 Å². The Labute approximate surface area is 123 Å². The average Bonchev–Trinajstić information content (AvgIpc) is 2.95. The van der Waals surface area contributed by atoms with Gasteiger partial charge in [-0.15, -0.1) is 10.2 Å². The second-order valence-electron chi connectivity index (χ2n) is 5.14. The van der Waals surface area contributed by atoms with Crippen molar-refractivity contribution in [3.8, 4) is 0 Å². The fourth-order valence-electron chi connectivity index (χ4n) is 2.56. The van der Waals surface area contributed by atoms with Crippen LogP contribution in [-0.4, -0.2) is 55.7 Å². The van der Waals surface area contributed by atoms with Crippen LogP contribution in [0.25, 0.3) is 16.8 Å². The van der Waals surface area contributed by atoms with Crippen molar-refractivity contribution in [2.75, 3.05) is 25.0 Å². The summed E-state index contributed by atoms with van der Waals surface area (Å²) < 4.78 is 1.68. The molecule has 1 fully saturated rings. The summed E-state index contributed by atoms with van der Waals surface area (Å²) in [6, 6.07) is 1.85. The molecule has 0 saturated carbocycles. The third-order valence-electron chi connectivity index (χ3n) is 3.85. The van der Waals surface area contributed by atoms with Crippen LogP contribution in [0.4, 0.5) is 11.5 Å². The van der Waals surface area contributed by atoms with Crippen molar-refractivity contribution in [2.24, 2.45) is 0 Å². The molecule has 0 unspecified atom stereocenters. The zero-order valence-electron chi connectivity index (χ0n) is 11.7. The second kappa shape index (κ2) is 4.56. The molecule has 1 saturated heterocycles. The van der Waals surface area contributed by atoms with Gasteiger partial charge in [-0.05, 0) is 7.05 Å². The first-order valence-corrected chi connectivity index (χ1v) is 6.73. The summed E-state index contributed by atoms with van der Waals surface area (Å²) in [4.78, 5) is 21.1. The molecule has 10 nitrogen and oxygen atoms in total. The van der Waals surface area contributed by atoms with Crippen LogP contribution in [0, 0.1) is 10.1 Å². The third kappa shape index (κ3) is 1.77. The number of nitrogens with zero attached hydrogens (tertiary/aromatic N) is 7. The first-order valence-electron chi connectivity index (χ1n) is 6.73. The summed E-state index contributed by atoms with van der Waals surface area (Å²) in [5.41, 5.74) is 1.44. The zero-order valence-corrected chi connectivity index (χ0v) is 11.7. The molecule has 0 radical (unpaired) electrons. The number of hydrogen-bond donors (Lipinski definition) is 1. The van der Waals surface area contributed by atoms with Gasteiger partial charge in [-0.25, -0.2) is 9.97 Å². The van der Waals surface area contributed by atoms with Gasteiger partial charge < -0.3 is 10.2 Å². The molecule has 0 aliphatic carbocycles. The van der Waals surface area contributed by atoms with E-state index in [4.69, 9.17) is 0 Å². The van der Waals surface area contributed by atoms with Gasteiger partial charge >= 0.3 is 0 Å². The van der Waals surface area contributed by atoms with Gasteiger partial charge in [0, 0.05) is 25.2 Å². The topological polar surface area (TPSA) is 114 Å². The Morgan fingerprint density at radius 2 is 2.27 bits per heavy atom. The standard InChI is InChI=1S/C12H12N8O2/c1-13-7-4-18(5-7)11-12-17-15-6-19(12)9-2-8(20(21)22)3-14-10(9)16-11/h2-3,6-7,13H,4-5H2,1H3. The largest absolute Gasteiger partial charge is 0.350 e. The molecule has 4 rings (SSSR count). The molecule has 10 heteroatoms. The average molecular weight is 300 g/mol. The molecule has 0 amide bonds. The van der Waals surface area contributed by atoms with Crippen molar-refractivity contribution in [2.45, 2.75) is 6.04 Å². The molecular weight excluding hydrogens is 288 g/mol. The number of rotatable bonds is 3. The lowest BCUT2D eigenvalue weighted by Gasteiger charge is -2.39. The highest BCUT2D eigenvalue weighted by molar-refractivity contribution is 5.81. The number of nitrogens with one attached hydrogen (secondary N) is 1. The predicted molar refractivity (Wildman–Crippen MR) is 77.8 cm³/mol. The monoisotopic (exact) mass is 300 g/mol. The highest BCUT2D eigenvalue weighted by atomic mass is 16.6. The smallest absolute Gasteiger partial charge is 0.289 e. The molecule has 4 heterocycles. The van der Waals surface area contributed by atoms with Crippen LogP contribution in [0.1, 0.15) is 0 Å². The van der Waals surface area contributed by atoms with Crippen LogP contribution in [0.2, 0.25) is 0 Å². The van der Waals surface area contributed by atoms with Crippen LogP contribution < -0.4 is 10.2 Å². The summed E-state index contributed by atoms with van der Waals surface area (Å²) in [7, 11) is 1.92. The van der Waals surface area contributed by atoms with Crippen molar-refractivity contribution in [3.63, 3.8) is 0 Å². The van der Waals surface area contributed by atoms with Crippen molar-refractivity contribution < 1.29 is 4.92 Å². The van der Waals surface area contributed by atoms with Crippen LogP contribution in [0.5, 0.6) is 0 Å². The fraction of sp³-hybridized carbons (Fsp3) is 0.333.